The van der Waals surface area contributed by atoms with Gasteiger partial charge in [0.1, 0.15) is 0 Å². The van der Waals surface area contributed by atoms with E-state index in [9.17, 15) is 0 Å². The molecule has 1 aromatic rings. The molecule has 0 spiro atoms. The largest absolute Gasteiger partial charge is 0.316 e. The first-order chi connectivity index (χ1) is 9.65. The van der Waals surface area contributed by atoms with E-state index in [4.69, 9.17) is 0 Å². The summed E-state index contributed by atoms with van der Waals surface area (Å²) in [5.74, 6) is 0. The molecule has 1 aliphatic heterocycles. The van der Waals surface area contributed by atoms with Crippen LogP contribution in [-0.4, -0.2) is 37.1 Å². The fourth-order valence-corrected chi connectivity index (χ4v) is 3.33. The van der Waals surface area contributed by atoms with Crippen LogP contribution >= 0.6 is 0 Å². The van der Waals surface area contributed by atoms with Crippen molar-refractivity contribution in [2.45, 2.75) is 51.5 Å². The summed E-state index contributed by atoms with van der Waals surface area (Å²) in [7, 11) is 0. The van der Waals surface area contributed by atoms with Gasteiger partial charge in [0, 0.05) is 24.5 Å². The molecule has 20 heavy (non-hydrogen) atoms. The van der Waals surface area contributed by atoms with Crippen LogP contribution in [0.1, 0.15) is 45.6 Å². The molecule has 2 rings (SSSR count). The minimum Gasteiger partial charge on any atom is -0.316 e. The summed E-state index contributed by atoms with van der Waals surface area (Å²) >= 11 is 0. The van der Waals surface area contributed by atoms with Crippen LogP contribution < -0.4 is 5.32 Å². The van der Waals surface area contributed by atoms with Crippen molar-refractivity contribution in [1.82, 2.24) is 10.2 Å². The molecule has 0 amide bonds. The number of rotatable bonds is 6. The maximum atomic E-state index is 3.57. The van der Waals surface area contributed by atoms with Crippen LogP contribution in [0.4, 0.5) is 0 Å². The lowest BCUT2D eigenvalue weighted by Gasteiger charge is -2.41. The zero-order valence-electron chi connectivity index (χ0n) is 13.4. The summed E-state index contributed by atoms with van der Waals surface area (Å²) < 4.78 is 0. The predicted octanol–water partition coefficient (Wildman–Crippen LogP) is 3.43. The molecule has 1 heterocycles. The van der Waals surface area contributed by atoms with Crippen molar-refractivity contribution in [2.75, 3.05) is 26.2 Å². The number of likely N-dealkylation sites (tertiary alicyclic amines) is 1. The molecule has 0 saturated carbocycles. The molecule has 112 valence electrons. The van der Waals surface area contributed by atoms with Crippen LogP contribution in [0.3, 0.4) is 0 Å². The Hall–Kier alpha value is -0.860. The second-order valence-corrected chi connectivity index (χ2v) is 6.52. The van der Waals surface area contributed by atoms with E-state index in [0.29, 0.717) is 0 Å². The Bertz CT molecular complexity index is 390. The summed E-state index contributed by atoms with van der Waals surface area (Å²) in [6.07, 6.45) is 4.11. The SMILES string of the molecule is CCNCC(C)(CN1CCCCC1C)c1ccccc1. The highest BCUT2D eigenvalue weighted by molar-refractivity contribution is 5.25. The van der Waals surface area contributed by atoms with Crippen LogP contribution in [0.25, 0.3) is 0 Å². The van der Waals surface area contributed by atoms with Crippen LogP contribution in [0.5, 0.6) is 0 Å². The van der Waals surface area contributed by atoms with E-state index in [1.54, 1.807) is 0 Å². The molecule has 1 fully saturated rings. The number of hydrogen-bond donors (Lipinski definition) is 1. The fraction of sp³-hybridized carbons (Fsp3) is 0.667. The van der Waals surface area contributed by atoms with Gasteiger partial charge in [-0.25, -0.2) is 0 Å². The Morgan fingerprint density at radius 1 is 1.25 bits per heavy atom. The number of benzene rings is 1. The molecule has 1 saturated heterocycles. The highest BCUT2D eigenvalue weighted by atomic mass is 15.2. The standard InChI is InChI=1S/C18H30N2/c1-4-19-14-18(3,17-11-6-5-7-12-17)15-20-13-9-8-10-16(20)2/h5-7,11-12,16,19H,4,8-10,13-15H2,1-3H3. The minimum absolute atomic E-state index is 0.197. The smallest absolute Gasteiger partial charge is 0.0177 e. The van der Waals surface area contributed by atoms with Crippen LogP contribution in [0.15, 0.2) is 30.3 Å². The molecule has 1 N–H and O–H groups in total. The second kappa shape index (κ2) is 7.24. The van der Waals surface area contributed by atoms with Gasteiger partial charge in [0.2, 0.25) is 0 Å². The second-order valence-electron chi connectivity index (χ2n) is 6.52. The number of nitrogens with zero attached hydrogens (tertiary/aromatic N) is 1. The highest BCUT2D eigenvalue weighted by Gasteiger charge is 2.31. The molecule has 1 aliphatic rings. The first-order valence-corrected chi connectivity index (χ1v) is 8.16. The van der Waals surface area contributed by atoms with Crippen molar-refractivity contribution in [2.24, 2.45) is 0 Å². The first kappa shape index (κ1) is 15.5. The van der Waals surface area contributed by atoms with E-state index < -0.39 is 0 Å². The molecule has 0 aliphatic carbocycles. The van der Waals surface area contributed by atoms with E-state index in [1.165, 1.54) is 31.4 Å². The summed E-state index contributed by atoms with van der Waals surface area (Å²) in [5.41, 5.74) is 1.65. The van der Waals surface area contributed by atoms with Gasteiger partial charge < -0.3 is 5.32 Å². The zero-order chi connectivity index (χ0) is 14.4. The van der Waals surface area contributed by atoms with Gasteiger partial charge in [-0.05, 0) is 38.4 Å². The Labute approximate surface area is 124 Å². The zero-order valence-corrected chi connectivity index (χ0v) is 13.4. The Morgan fingerprint density at radius 3 is 2.65 bits per heavy atom. The minimum atomic E-state index is 0.197. The van der Waals surface area contributed by atoms with Gasteiger partial charge in [0.15, 0.2) is 0 Å². The van der Waals surface area contributed by atoms with Crippen molar-refractivity contribution < 1.29 is 0 Å². The topological polar surface area (TPSA) is 15.3 Å². The quantitative estimate of drug-likeness (QED) is 0.855. The van der Waals surface area contributed by atoms with Gasteiger partial charge in [-0.15, -0.1) is 0 Å². The third-order valence-electron chi connectivity index (χ3n) is 4.73. The first-order valence-electron chi connectivity index (χ1n) is 8.16. The normalized spacial score (nSPS) is 23.4. The van der Waals surface area contributed by atoms with Crippen molar-refractivity contribution in [1.29, 1.82) is 0 Å². The molecule has 2 nitrogen and oxygen atoms in total. The average Bonchev–Trinajstić information content (AvgIpc) is 2.48. The van der Waals surface area contributed by atoms with Gasteiger partial charge in [-0.3, -0.25) is 4.90 Å². The van der Waals surface area contributed by atoms with Gasteiger partial charge in [0.25, 0.3) is 0 Å². The maximum Gasteiger partial charge on any atom is 0.0177 e. The van der Waals surface area contributed by atoms with Gasteiger partial charge in [-0.1, -0.05) is 50.6 Å². The average molecular weight is 274 g/mol. The highest BCUT2D eigenvalue weighted by Crippen LogP contribution is 2.27. The van der Waals surface area contributed by atoms with E-state index in [0.717, 1.165) is 25.7 Å². The van der Waals surface area contributed by atoms with Crippen LogP contribution in [-0.2, 0) is 5.41 Å². The predicted molar refractivity (Wildman–Crippen MR) is 87.2 cm³/mol. The van der Waals surface area contributed by atoms with Crippen molar-refractivity contribution in [3.63, 3.8) is 0 Å². The fourth-order valence-electron chi connectivity index (χ4n) is 3.33. The lowest BCUT2D eigenvalue weighted by atomic mass is 9.81. The Kier molecular flexibility index (Phi) is 5.62. The summed E-state index contributed by atoms with van der Waals surface area (Å²) in [4.78, 5) is 2.69. The number of likely N-dealkylation sites (N-methyl/N-ethyl adjacent to an activating group) is 1. The summed E-state index contributed by atoms with van der Waals surface area (Å²) in [6, 6.07) is 11.7. The number of piperidine rings is 1. The Balaban J connectivity index is 2.14. The van der Waals surface area contributed by atoms with Gasteiger partial charge in [0.05, 0.1) is 0 Å². The third kappa shape index (κ3) is 3.83. The maximum absolute atomic E-state index is 3.57. The molecule has 2 unspecified atom stereocenters. The van der Waals surface area contributed by atoms with E-state index >= 15 is 0 Å². The molecule has 2 heteroatoms. The van der Waals surface area contributed by atoms with Gasteiger partial charge in [-0.2, -0.15) is 0 Å². The van der Waals surface area contributed by atoms with E-state index in [2.05, 4.69) is 61.3 Å². The lowest BCUT2D eigenvalue weighted by Crippen LogP contribution is -2.49. The molecule has 1 aromatic carbocycles. The van der Waals surface area contributed by atoms with Crippen LogP contribution in [0, 0.1) is 0 Å². The van der Waals surface area contributed by atoms with Crippen molar-refractivity contribution in [3.05, 3.63) is 35.9 Å². The molecular weight excluding hydrogens is 244 g/mol. The van der Waals surface area contributed by atoms with E-state index in [1.807, 2.05) is 0 Å². The number of nitrogens with one attached hydrogen (secondary N) is 1. The monoisotopic (exact) mass is 274 g/mol. The Morgan fingerprint density at radius 2 is 2.00 bits per heavy atom. The van der Waals surface area contributed by atoms with Crippen molar-refractivity contribution >= 4 is 0 Å². The molecule has 0 radical (unpaired) electrons. The lowest BCUT2D eigenvalue weighted by molar-refractivity contribution is 0.126. The van der Waals surface area contributed by atoms with Crippen LogP contribution in [0.2, 0.25) is 0 Å². The van der Waals surface area contributed by atoms with Gasteiger partial charge >= 0.3 is 0 Å². The molecular formula is C18H30N2. The number of hydrogen-bond acceptors (Lipinski definition) is 2. The molecule has 0 bridgehead atoms. The van der Waals surface area contributed by atoms with E-state index in [-0.39, 0.29) is 5.41 Å². The molecule has 0 aromatic heterocycles. The molecule has 2 atom stereocenters. The van der Waals surface area contributed by atoms with Crippen molar-refractivity contribution in [3.8, 4) is 0 Å². The third-order valence-corrected chi connectivity index (χ3v) is 4.73. The summed E-state index contributed by atoms with van der Waals surface area (Å²) in [5, 5.41) is 3.57. The summed E-state index contributed by atoms with van der Waals surface area (Å²) in [6.45, 7) is 11.5.